The van der Waals surface area contributed by atoms with Crippen LogP contribution >= 0.6 is 0 Å². The van der Waals surface area contributed by atoms with Gasteiger partial charge in [0.25, 0.3) is 0 Å². The van der Waals surface area contributed by atoms with Gasteiger partial charge in [-0.3, -0.25) is 4.90 Å². The van der Waals surface area contributed by atoms with E-state index in [1.54, 1.807) is 24.3 Å². The molecule has 162 valence electrons. The first-order chi connectivity index (χ1) is 15.8. The van der Waals surface area contributed by atoms with Gasteiger partial charge in [-0.25, -0.2) is 4.79 Å². The van der Waals surface area contributed by atoms with E-state index in [2.05, 4.69) is 50.9 Å². The molecule has 3 aromatic carbocycles. The Balaban J connectivity index is 1.23. The van der Waals surface area contributed by atoms with Gasteiger partial charge >= 0.3 is 5.97 Å². The number of nitrogens with one attached hydrogen (secondary N) is 1. The summed E-state index contributed by atoms with van der Waals surface area (Å²) in [5, 5.41) is 11.9. The van der Waals surface area contributed by atoms with Crippen LogP contribution in [0.5, 0.6) is 0 Å². The second kappa shape index (κ2) is 9.20. The fraction of sp³-hybridized carbons (Fsp3) is 0.240. The lowest BCUT2D eigenvalue weighted by Gasteiger charge is -2.32. The van der Waals surface area contributed by atoms with E-state index >= 15 is 0 Å². The van der Waals surface area contributed by atoms with Crippen molar-refractivity contribution in [1.29, 1.82) is 0 Å². The van der Waals surface area contributed by atoms with Crippen molar-refractivity contribution in [3.05, 3.63) is 90.0 Å². The van der Waals surface area contributed by atoms with Gasteiger partial charge in [-0.2, -0.15) is 0 Å². The van der Waals surface area contributed by atoms with Crippen LogP contribution in [-0.4, -0.2) is 45.2 Å². The number of hydrogen-bond donors (Lipinski definition) is 1. The summed E-state index contributed by atoms with van der Waals surface area (Å²) >= 11 is 0. The number of nitrogens with zero attached hydrogens (tertiary/aromatic N) is 4. The molecule has 1 aliphatic rings. The number of hydrogen-bond acceptors (Lipinski definition) is 6. The zero-order valence-corrected chi connectivity index (χ0v) is 17.7. The largest absolute Gasteiger partial charge is 0.380 e. The molecule has 2 heterocycles. The molecule has 0 atom stereocenters. The minimum Gasteiger partial charge on any atom is -0.380 e. The molecule has 0 unspecified atom stereocenters. The van der Waals surface area contributed by atoms with E-state index in [0.717, 1.165) is 38.2 Å². The van der Waals surface area contributed by atoms with E-state index in [-0.39, 0.29) is 0 Å². The second-order valence-corrected chi connectivity index (χ2v) is 8.06. The van der Waals surface area contributed by atoms with Crippen molar-refractivity contribution in [2.24, 2.45) is 0 Å². The average molecular weight is 428 g/mol. The highest BCUT2D eigenvalue weighted by atomic mass is 16.7. The summed E-state index contributed by atoms with van der Waals surface area (Å²) in [4.78, 5) is 21.5. The Morgan fingerprint density at radius 2 is 1.66 bits per heavy atom. The van der Waals surface area contributed by atoms with E-state index in [4.69, 9.17) is 4.84 Å². The molecule has 0 radical (unpaired) electrons. The number of benzene rings is 3. The molecule has 0 amide bonds. The number of rotatable bonds is 6. The number of likely N-dealkylation sites (tertiary alicyclic amines) is 1. The van der Waals surface area contributed by atoms with Crippen LogP contribution in [0.2, 0.25) is 0 Å². The van der Waals surface area contributed by atoms with Crippen molar-refractivity contribution >= 4 is 22.7 Å². The SMILES string of the molecule is O=C(On1nnc2c(NC3CCN(Cc4ccccc4)CC3)cccc21)c1ccccc1. The van der Waals surface area contributed by atoms with Gasteiger partial charge in [0.1, 0.15) is 11.0 Å². The lowest BCUT2D eigenvalue weighted by Crippen LogP contribution is -2.38. The highest BCUT2D eigenvalue weighted by Crippen LogP contribution is 2.24. The lowest BCUT2D eigenvalue weighted by molar-refractivity contribution is 0.0409. The van der Waals surface area contributed by atoms with Crippen LogP contribution < -0.4 is 10.2 Å². The van der Waals surface area contributed by atoms with E-state index in [0.29, 0.717) is 22.6 Å². The predicted octanol–water partition coefficient (Wildman–Crippen LogP) is 3.78. The number of piperidine rings is 1. The minimum absolute atomic E-state index is 0.365. The van der Waals surface area contributed by atoms with E-state index < -0.39 is 5.97 Å². The summed E-state index contributed by atoms with van der Waals surface area (Å²) in [5.74, 6) is -0.471. The summed E-state index contributed by atoms with van der Waals surface area (Å²) in [6.07, 6.45) is 2.11. The fourth-order valence-corrected chi connectivity index (χ4v) is 4.11. The first-order valence-electron chi connectivity index (χ1n) is 10.9. The third-order valence-electron chi connectivity index (χ3n) is 5.82. The van der Waals surface area contributed by atoms with Crippen molar-refractivity contribution < 1.29 is 9.63 Å². The molecule has 1 aliphatic heterocycles. The Labute approximate surface area is 186 Å². The van der Waals surface area contributed by atoms with Crippen molar-refractivity contribution in [2.45, 2.75) is 25.4 Å². The van der Waals surface area contributed by atoms with Crippen LogP contribution in [-0.2, 0) is 6.54 Å². The number of aromatic nitrogens is 3. The third kappa shape index (κ3) is 4.48. The van der Waals surface area contributed by atoms with Crippen LogP contribution in [0, 0.1) is 0 Å². The summed E-state index contributed by atoms with van der Waals surface area (Å²) < 4.78 is 0. The summed E-state index contributed by atoms with van der Waals surface area (Å²) in [7, 11) is 0. The third-order valence-corrected chi connectivity index (χ3v) is 5.82. The number of fused-ring (bicyclic) bond motifs is 1. The van der Waals surface area contributed by atoms with Gasteiger partial charge in [0.15, 0.2) is 0 Å². The van der Waals surface area contributed by atoms with Crippen LogP contribution in [0.3, 0.4) is 0 Å². The zero-order chi connectivity index (χ0) is 21.8. The van der Waals surface area contributed by atoms with Crippen molar-refractivity contribution in [3.8, 4) is 0 Å². The second-order valence-electron chi connectivity index (χ2n) is 8.06. The van der Waals surface area contributed by atoms with Crippen molar-refractivity contribution in [1.82, 2.24) is 20.1 Å². The first kappa shape index (κ1) is 20.2. The minimum atomic E-state index is -0.471. The molecule has 0 spiro atoms. The molecule has 1 aromatic heterocycles. The van der Waals surface area contributed by atoms with E-state index in [1.165, 1.54) is 10.4 Å². The monoisotopic (exact) mass is 427 g/mol. The molecule has 0 bridgehead atoms. The number of carbonyl (C=O) groups excluding carboxylic acids is 1. The Kier molecular flexibility index (Phi) is 5.81. The Morgan fingerprint density at radius 1 is 0.938 bits per heavy atom. The average Bonchev–Trinajstić information content (AvgIpc) is 3.25. The smallest absolute Gasteiger partial charge is 0.365 e. The molecule has 4 aromatic rings. The number of carbonyl (C=O) groups is 1. The molecule has 7 heteroatoms. The van der Waals surface area contributed by atoms with Crippen molar-refractivity contribution in [2.75, 3.05) is 18.4 Å². The molecule has 0 aliphatic carbocycles. The van der Waals surface area contributed by atoms with Gasteiger partial charge in [-0.15, -0.1) is 5.10 Å². The molecule has 1 saturated heterocycles. The first-order valence-corrected chi connectivity index (χ1v) is 10.9. The van der Waals surface area contributed by atoms with Gasteiger partial charge in [-0.1, -0.05) is 59.4 Å². The van der Waals surface area contributed by atoms with Crippen LogP contribution in [0.4, 0.5) is 5.69 Å². The summed E-state index contributed by atoms with van der Waals surface area (Å²) in [5.41, 5.74) is 4.07. The normalized spacial score (nSPS) is 15.0. The molecule has 0 saturated carbocycles. The van der Waals surface area contributed by atoms with Gasteiger partial charge in [0.05, 0.1) is 11.3 Å². The highest BCUT2D eigenvalue weighted by molar-refractivity contribution is 5.91. The Morgan fingerprint density at radius 3 is 2.41 bits per heavy atom. The predicted molar refractivity (Wildman–Crippen MR) is 123 cm³/mol. The lowest BCUT2D eigenvalue weighted by atomic mass is 10.0. The number of anilines is 1. The molecule has 32 heavy (non-hydrogen) atoms. The standard InChI is InChI=1S/C25H25N5O2/c31-25(20-10-5-2-6-11-20)32-30-23-13-7-12-22(24(23)27-28-30)26-21-14-16-29(17-15-21)18-19-8-3-1-4-9-19/h1-13,21,26H,14-18H2. The maximum absolute atomic E-state index is 12.4. The van der Waals surface area contributed by atoms with E-state index in [9.17, 15) is 4.79 Å². The van der Waals surface area contributed by atoms with Crippen LogP contribution in [0.1, 0.15) is 28.8 Å². The Bertz CT molecular complexity index is 1180. The van der Waals surface area contributed by atoms with Crippen molar-refractivity contribution in [3.63, 3.8) is 0 Å². The highest BCUT2D eigenvalue weighted by Gasteiger charge is 2.21. The molecule has 1 fully saturated rings. The fourth-order valence-electron chi connectivity index (χ4n) is 4.11. The summed E-state index contributed by atoms with van der Waals surface area (Å²) in [6.45, 7) is 3.08. The topological polar surface area (TPSA) is 72.3 Å². The maximum Gasteiger partial charge on any atom is 0.365 e. The molecule has 1 N–H and O–H groups in total. The van der Waals surface area contributed by atoms with Gasteiger partial charge in [0, 0.05) is 25.7 Å². The van der Waals surface area contributed by atoms with Gasteiger partial charge in [-0.05, 0) is 47.9 Å². The molecule has 5 rings (SSSR count). The molecular weight excluding hydrogens is 402 g/mol. The zero-order valence-electron chi connectivity index (χ0n) is 17.7. The van der Waals surface area contributed by atoms with Crippen LogP contribution in [0.15, 0.2) is 78.9 Å². The summed E-state index contributed by atoms with van der Waals surface area (Å²) in [6, 6.07) is 25.6. The van der Waals surface area contributed by atoms with E-state index in [1.807, 2.05) is 24.3 Å². The Hall–Kier alpha value is -3.71. The molecular formula is C25H25N5O2. The quantitative estimate of drug-likeness (QED) is 0.472. The maximum atomic E-state index is 12.4. The van der Waals surface area contributed by atoms with Crippen LogP contribution in [0.25, 0.3) is 11.0 Å². The van der Waals surface area contributed by atoms with Gasteiger partial charge < -0.3 is 10.2 Å². The van der Waals surface area contributed by atoms with Gasteiger partial charge in [0.2, 0.25) is 0 Å². The molecule has 7 nitrogen and oxygen atoms in total.